The summed E-state index contributed by atoms with van der Waals surface area (Å²) in [6.07, 6.45) is 7.60. The van der Waals surface area contributed by atoms with E-state index >= 15 is 0 Å². The molecule has 1 amide bonds. The van der Waals surface area contributed by atoms with Crippen molar-refractivity contribution in [3.8, 4) is 0 Å². The Bertz CT molecular complexity index is 557. The Morgan fingerprint density at radius 2 is 1.78 bits per heavy atom. The number of carbonyl (C=O) groups excluding carboxylic acids is 1. The van der Waals surface area contributed by atoms with E-state index < -0.39 is 0 Å². The van der Waals surface area contributed by atoms with E-state index in [0.29, 0.717) is 24.4 Å². The second kappa shape index (κ2) is 12.1. The van der Waals surface area contributed by atoms with E-state index in [1.807, 2.05) is 0 Å². The highest BCUT2D eigenvalue weighted by Gasteiger charge is 2.39. The molecule has 158 valence electrons. The minimum atomic E-state index is -0.0613. The van der Waals surface area contributed by atoms with Crippen LogP contribution >= 0.6 is 37.2 Å². The Morgan fingerprint density at radius 1 is 1.15 bits per heavy atom. The molecule has 0 spiro atoms. The first-order valence-corrected chi connectivity index (χ1v) is 9.12. The third-order valence-corrected chi connectivity index (χ3v) is 5.64. The van der Waals surface area contributed by atoms with Crippen molar-refractivity contribution in [2.75, 3.05) is 39.8 Å². The van der Waals surface area contributed by atoms with Gasteiger partial charge < -0.3 is 20.4 Å². The van der Waals surface area contributed by atoms with Crippen LogP contribution in [-0.4, -0.2) is 61.0 Å². The van der Waals surface area contributed by atoms with Crippen LogP contribution in [0.4, 0.5) is 0 Å². The zero-order chi connectivity index (χ0) is 17.0. The van der Waals surface area contributed by atoms with Crippen LogP contribution in [0.5, 0.6) is 0 Å². The molecule has 0 unspecified atom stereocenters. The van der Waals surface area contributed by atoms with Crippen molar-refractivity contribution in [1.82, 2.24) is 15.1 Å². The highest BCUT2D eigenvalue weighted by Crippen LogP contribution is 2.31. The lowest BCUT2D eigenvalue weighted by Crippen LogP contribution is -2.61. The fourth-order valence-electron chi connectivity index (χ4n) is 3.96. The van der Waals surface area contributed by atoms with Crippen molar-refractivity contribution >= 4 is 43.1 Å². The molecule has 1 aromatic rings. The maximum Gasteiger partial charge on any atom is 0.254 e. The molecule has 0 saturated carbocycles. The van der Waals surface area contributed by atoms with E-state index in [0.717, 1.165) is 39.0 Å². The monoisotopic (exact) mass is 442 g/mol. The number of amides is 1. The third-order valence-electron chi connectivity index (χ3n) is 5.64. The van der Waals surface area contributed by atoms with Crippen molar-refractivity contribution in [2.45, 2.75) is 44.2 Å². The Hall–Kier alpha value is -0.500. The van der Waals surface area contributed by atoms with Crippen molar-refractivity contribution in [3.05, 3.63) is 23.7 Å². The van der Waals surface area contributed by atoms with Gasteiger partial charge in [-0.2, -0.15) is 0 Å². The first-order valence-electron chi connectivity index (χ1n) is 9.12. The molecule has 0 atom stereocenters. The van der Waals surface area contributed by atoms with Gasteiger partial charge in [-0.1, -0.05) is 6.42 Å². The topological polar surface area (TPSA) is 74.7 Å². The number of hydrogen-bond donors (Lipinski definition) is 2. The predicted molar refractivity (Wildman–Crippen MR) is 116 cm³/mol. The van der Waals surface area contributed by atoms with Gasteiger partial charge in [0.1, 0.15) is 12.0 Å². The van der Waals surface area contributed by atoms with Gasteiger partial charge in [0.25, 0.3) is 5.91 Å². The normalized spacial score (nSPS) is 19.9. The summed E-state index contributed by atoms with van der Waals surface area (Å²) in [7, 11) is 2.18. The van der Waals surface area contributed by atoms with Crippen molar-refractivity contribution in [1.29, 1.82) is 0 Å². The number of nitrogens with zero attached hydrogens (tertiary/aromatic N) is 2. The standard InChI is InChI=1S/C18H30N4O2.3ClH/c1-21-9-5-18(6-10-21,22-7-3-2-4-8-22)14-20-17(23)15-11-16(12-19)24-13-15;;;/h11,13H,2-10,12,14,19H2,1H3,(H,20,23);3*1H. The van der Waals surface area contributed by atoms with Gasteiger partial charge in [0.05, 0.1) is 12.1 Å². The molecular formula is C18H33Cl3N4O2. The Labute approximate surface area is 180 Å². The minimum Gasteiger partial charge on any atom is -0.467 e. The first kappa shape index (κ1) is 26.5. The molecule has 3 rings (SSSR count). The molecule has 0 radical (unpaired) electrons. The number of likely N-dealkylation sites (tertiary alicyclic amines) is 2. The first-order chi connectivity index (χ1) is 11.6. The van der Waals surface area contributed by atoms with Crippen molar-refractivity contribution in [3.63, 3.8) is 0 Å². The van der Waals surface area contributed by atoms with E-state index in [9.17, 15) is 4.79 Å². The number of hydrogen-bond acceptors (Lipinski definition) is 5. The van der Waals surface area contributed by atoms with Crippen LogP contribution in [0.25, 0.3) is 0 Å². The number of furan rings is 1. The summed E-state index contributed by atoms with van der Waals surface area (Å²) >= 11 is 0. The summed E-state index contributed by atoms with van der Waals surface area (Å²) in [5, 5.41) is 3.16. The summed E-state index contributed by atoms with van der Waals surface area (Å²) in [6.45, 7) is 5.52. The van der Waals surface area contributed by atoms with E-state index in [4.69, 9.17) is 10.2 Å². The van der Waals surface area contributed by atoms with Crippen LogP contribution in [0.3, 0.4) is 0 Å². The number of piperidine rings is 2. The van der Waals surface area contributed by atoms with Crippen molar-refractivity contribution < 1.29 is 9.21 Å². The molecule has 9 heteroatoms. The van der Waals surface area contributed by atoms with Crippen LogP contribution in [-0.2, 0) is 6.54 Å². The minimum absolute atomic E-state index is 0. The maximum absolute atomic E-state index is 12.5. The van der Waals surface area contributed by atoms with Gasteiger partial charge in [0.2, 0.25) is 0 Å². The van der Waals surface area contributed by atoms with Gasteiger partial charge in [-0.05, 0) is 65.0 Å². The molecule has 2 aliphatic rings. The summed E-state index contributed by atoms with van der Waals surface area (Å²) in [5.41, 5.74) is 6.22. The summed E-state index contributed by atoms with van der Waals surface area (Å²) < 4.78 is 5.28. The molecule has 3 N–H and O–H groups in total. The fourth-order valence-corrected chi connectivity index (χ4v) is 3.96. The molecule has 2 saturated heterocycles. The highest BCUT2D eigenvalue weighted by atomic mass is 35.5. The molecular weight excluding hydrogens is 411 g/mol. The Morgan fingerprint density at radius 3 is 2.33 bits per heavy atom. The van der Waals surface area contributed by atoms with E-state index in [1.54, 1.807) is 6.07 Å². The van der Waals surface area contributed by atoms with Gasteiger partial charge in [-0.3, -0.25) is 9.69 Å². The maximum atomic E-state index is 12.5. The molecule has 0 aromatic carbocycles. The number of rotatable bonds is 5. The molecule has 3 heterocycles. The molecule has 27 heavy (non-hydrogen) atoms. The van der Waals surface area contributed by atoms with Crippen LogP contribution in [0.2, 0.25) is 0 Å². The average Bonchev–Trinajstić information content (AvgIpc) is 3.11. The quantitative estimate of drug-likeness (QED) is 0.732. The lowest BCUT2D eigenvalue weighted by Gasteiger charge is -2.50. The second-order valence-corrected chi connectivity index (χ2v) is 7.26. The van der Waals surface area contributed by atoms with E-state index in [-0.39, 0.29) is 48.7 Å². The number of nitrogens with two attached hydrogens (primary N) is 1. The summed E-state index contributed by atoms with van der Waals surface area (Å²) in [4.78, 5) is 17.5. The molecule has 2 aliphatic heterocycles. The molecule has 2 fully saturated rings. The zero-order valence-corrected chi connectivity index (χ0v) is 18.4. The van der Waals surface area contributed by atoms with E-state index in [1.165, 1.54) is 25.5 Å². The highest BCUT2D eigenvalue weighted by molar-refractivity contribution is 5.94. The smallest absolute Gasteiger partial charge is 0.254 e. The molecule has 0 bridgehead atoms. The Kier molecular flexibility index (Phi) is 11.9. The van der Waals surface area contributed by atoms with Gasteiger partial charge in [-0.15, -0.1) is 37.2 Å². The number of nitrogens with one attached hydrogen (secondary N) is 1. The van der Waals surface area contributed by atoms with Crippen LogP contribution in [0.1, 0.15) is 48.2 Å². The SMILES string of the molecule is CN1CCC(CNC(=O)c2coc(CN)c2)(N2CCCCC2)CC1.Cl.Cl.Cl. The molecule has 6 nitrogen and oxygen atoms in total. The van der Waals surface area contributed by atoms with Gasteiger partial charge >= 0.3 is 0 Å². The second-order valence-electron chi connectivity index (χ2n) is 7.26. The number of carbonyl (C=O) groups is 1. The van der Waals surface area contributed by atoms with Gasteiger partial charge in [0.15, 0.2) is 0 Å². The fraction of sp³-hybridized carbons (Fsp3) is 0.722. The van der Waals surface area contributed by atoms with Gasteiger partial charge in [0, 0.05) is 12.1 Å². The van der Waals surface area contributed by atoms with Crippen LogP contribution in [0.15, 0.2) is 16.7 Å². The number of halogens is 3. The predicted octanol–water partition coefficient (Wildman–Crippen LogP) is 2.68. The van der Waals surface area contributed by atoms with Crippen LogP contribution in [0, 0.1) is 0 Å². The van der Waals surface area contributed by atoms with Crippen LogP contribution < -0.4 is 11.1 Å². The summed E-state index contributed by atoms with van der Waals surface area (Å²) in [6, 6.07) is 1.73. The average molecular weight is 444 g/mol. The van der Waals surface area contributed by atoms with Gasteiger partial charge in [-0.25, -0.2) is 0 Å². The third kappa shape index (κ3) is 6.51. The van der Waals surface area contributed by atoms with E-state index in [2.05, 4.69) is 22.2 Å². The Balaban J connectivity index is 0.00000225. The van der Waals surface area contributed by atoms with Crippen molar-refractivity contribution in [2.24, 2.45) is 5.73 Å². The lowest BCUT2D eigenvalue weighted by molar-refractivity contribution is 0.0145. The molecule has 0 aliphatic carbocycles. The molecule has 1 aromatic heterocycles. The zero-order valence-electron chi connectivity index (χ0n) is 15.9. The lowest BCUT2D eigenvalue weighted by atomic mass is 9.84. The largest absolute Gasteiger partial charge is 0.467 e. The summed E-state index contributed by atoms with van der Waals surface area (Å²) in [5.74, 6) is 0.582.